The normalized spacial score (nSPS) is 14.3. The number of hydrogen-bond donors (Lipinski definition) is 0. The van der Waals surface area contributed by atoms with Crippen LogP contribution in [0.2, 0.25) is 15.5 Å². The minimum absolute atomic E-state index is 0.363. The van der Waals surface area contributed by atoms with Gasteiger partial charge in [0.05, 0.1) is 47.1 Å². The predicted octanol–water partition coefficient (Wildman–Crippen LogP) is -3.84. The van der Waals surface area contributed by atoms with Crippen molar-refractivity contribution >= 4 is 54.9 Å². The lowest BCUT2D eigenvalue weighted by atomic mass is 9.13. The molecule has 78 valence electrons. The molecule has 0 aliphatic carbocycles. The molecular formula is C8H25B7. The van der Waals surface area contributed by atoms with Gasteiger partial charge in [0.25, 0.3) is 0 Å². The second kappa shape index (κ2) is 4.76. The molecule has 0 amide bonds. The maximum absolute atomic E-state index is 2.49. The van der Waals surface area contributed by atoms with Crippen LogP contribution in [0.5, 0.6) is 0 Å². The van der Waals surface area contributed by atoms with E-state index in [4.69, 9.17) is 0 Å². The van der Waals surface area contributed by atoms with Crippen LogP contribution in [0.4, 0.5) is 0 Å². The van der Waals surface area contributed by atoms with E-state index in [2.05, 4.69) is 68.8 Å². The first-order valence-electron chi connectivity index (χ1n) is 6.52. The Morgan fingerprint density at radius 1 is 0.733 bits per heavy atom. The molecule has 0 radical (unpaired) electrons. The third-order valence-electron chi connectivity index (χ3n) is 4.92. The molecule has 0 nitrogen and oxygen atoms in total. The van der Waals surface area contributed by atoms with Gasteiger partial charge in [0, 0.05) is 0 Å². The van der Waals surface area contributed by atoms with Crippen molar-refractivity contribution in [3.05, 3.63) is 0 Å². The van der Waals surface area contributed by atoms with Crippen molar-refractivity contribution in [2.24, 2.45) is 5.92 Å². The van der Waals surface area contributed by atoms with Gasteiger partial charge in [-0.2, -0.15) is 0 Å². The number of hydrogen-bond acceptors (Lipinski definition) is 0. The molecule has 0 spiro atoms. The highest BCUT2D eigenvalue weighted by Crippen LogP contribution is 2.61. The van der Waals surface area contributed by atoms with Crippen LogP contribution in [0.25, 0.3) is 0 Å². The Balaban J connectivity index is 5.40. The summed E-state index contributed by atoms with van der Waals surface area (Å²) in [7, 11) is 16.9. The molecule has 0 saturated carbocycles. The van der Waals surface area contributed by atoms with Gasteiger partial charge < -0.3 is 0 Å². The van der Waals surface area contributed by atoms with E-state index in [9.17, 15) is 0 Å². The lowest BCUT2D eigenvalue weighted by Gasteiger charge is -2.58. The molecule has 0 fully saturated rings. The zero-order valence-corrected chi connectivity index (χ0v) is 12.5. The molecule has 0 aliphatic rings. The molecule has 15 heavy (non-hydrogen) atoms. The van der Waals surface area contributed by atoms with E-state index >= 15 is 0 Å². The molecule has 0 aromatic carbocycles. The summed E-state index contributed by atoms with van der Waals surface area (Å²) >= 11 is 0. The minimum atomic E-state index is 0.363. The topological polar surface area (TPSA) is 0 Å². The molecule has 0 aromatic rings. The van der Waals surface area contributed by atoms with Crippen molar-refractivity contribution in [2.75, 3.05) is 0 Å². The van der Waals surface area contributed by atoms with E-state index in [0.29, 0.717) is 15.5 Å². The van der Waals surface area contributed by atoms with Gasteiger partial charge in [0.1, 0.15) is 7.85 Å². The number of rotatable bonds is 5. The Hall–Kier alpha value is 0.455. The van der Waals surface area contributed by atoms with Gasteiger partial charge in [-0.05, 0) is 5.92 Å². The van der Waals surface area contributed by atoms with Gasteiger partial charge >= 0.3 is 0 Å². The van der Waals surface area contributed by atoms with Crippen LogP contribution in [0.3, 0.4) is 0 Å². The molecule has 0 aromatic heterocycles. The van der Waals surface area contributed by atoms with Crippen molar-refractivity contribution in [3.8, 4) is 0 Å². The highest BCUT2D eigenvalue weighted by atomic mass is 14.4. The first-order valence-corrected chi connectivity index (χ1v) is 6.52. The Kier molecular flexibility index (Phi) is 4.90. The molecular weight excluding hydrogens is 172 g/mol. The van der Waals surface area contributed by atoms with E-state index in [1.54, 1.807) is 0 Å². The lowest BCUT2D eigenvalue weighted by molar-refractivity contribution is 0.332. The Bertz CT molecular complexity index is 184. The summed E-state index contributed by atoms with van der Waals surface area (Å²) in [5.74, 6) is 0.817. The third kappa shape index (κ3) is 2.77. The van der Waals surface area contributed by atoms with Gasteiger partial charge in [-0.25, -0.2) is 0 Å². The average Bonchev–Trinajstić information content (AvgIpc) is 2.02. The smallest absolute Gasteiger partial charge is 0.105 e. The predicted molar refractivity (Wildman–Crippen MR) is 92.0 cm³/mol. The summed E-state index contributed by atoms with van der Waals surface area (Å²) in [5.41, 5.74) is 0. The van der Waals surface area contributed by atoms with E-state index in [-0.39, 0.29) is 0 Å². The van der Waals surface area contributed by atoms with Gasteiger partial charge in [0.15, 0.2) is 0 Å². The van der Waals surface area contributed by atoms with Crippen LogP contribution in [0, 0.1) is 5.92 Å². The largest absolute Gasteiger partial charge is 0.114 e. The third-order valence-corrected chi connectivity index (χ3v) is 4.92. The minimum Gasteiger partial charge on any atom is -0.114 e. The molecule has 0 heterocycles. The van der Waals surface area contributed by atoms with Crippen LogP contribution >= 0.6 is 0 Å². The molecule has 0 aliphatic heterocycles. The Morgan fingerprint density at radius 2 is 1.00 bits per heavy atom. The van der Waals surface area contributed by atoms with Crippen molar-refractivity contribution in [1.29, 1.82) is 0 Å². The van der Waals surface area contributed by atoms with E-state index < -0.39 is 0 Å². The fourth-order valence-corrected chi connectivity index (χ4v) is 3.45. The van der Waals surface area contributed by atoms with Crippen LogP contribution in [-0.4, -0.2) is 54.9 Å². The summed E-state index contributed by atoms with van der Waals surface area (Å²) in [5, 5.41) is 1.12. The quantitative estimate of drug-likeness (QED) is 0.396. The summed E-state index contributed by atoms with van der Waals surface area (Å²) in [6, 6.07) is 0. The van der Waals surface area contributed by atoms with Gasteiger partial charge in [0.2, 0.25) is 0 Å². The molecule has 0 unspecified atom stereocenters. The van der Waals surface area contributed by atoms with Gasteiger partial charge in [-0.3, -0.25) is 0 Å². The van der Waals surface area contributed by atoms with Crippen LogP contribution in [0.15, 0.2) is 0 Å². The van der Waals surface area contributed by atoms with Crippen LogP contribution in [-0.2, 0) is 0 Å². The Morgan fingerprint density at radius 3 is 1.07 bits per heavy atom. The highest BCUT2D eigenvalue weighted by molar-refractivity contribution is 6.69. The van der Waals surface area contributed by atoms with Crippen molar-refractivity contribution in [3.63, 3.8) is 0 Å². The molecule has 7 heteroatoms. The maximum atomic E-state index is 2.49. The monoisotopic (exact) mass is 198 g/mol. The zero-order valence-electron chi connectivity index (χ0n) is 12.5. The fourth-order valence-electron chi connectivity index (χ4n) is 3.45. The van der Waals surface area contributed by atoms with Crippen molar-refractivity contribution in [1.82, 2.24) is 0 Å². The van der Waals surface area contributed by atoms with Crippen molar-refractivity contribution in [2.45, 2.75) is 42.2 Å². The van der Waals surface area contributed by atoms with Crippen LogP contribution in [0.1, 0.15) is 26.7 Å². The van der Waals surface area contributed by atoms with Gasteiger partial charge in [-0.1, -0.05) is 32.0 Å². The first kappa shape index (κ1) is 15.5. The summed E-state index contributed by atoms with van der Waals surface area (Å²) in [6.45, 7) is 4.67. The first-order chi connectivity index (χ1) is 6.52. The Labute approximate surface area is 103 Å². The maximum Gasteiger partial charge on any atom is 0.105 e. The highest BCUT2D eigenvalue weighted by Gasteiger charge is 2.48. The van der Waals surface area contributed by atoms with E-state index in [1.165, 1.54) is 12.8 Å². The van der Waals surface area contributed by atoms with E-state index in [1.807, 2.05) is 0 Å². The van der Waals surface area contributed by atoms with E-state index in [0.717, 1.165) is 5.92 Å². The second-order valence-electron chi connectivity index (χ2n) is 7.22. The molecule has 0 saturated heterocycles. The average molecular weight is 197 g/mol. The lowest BCUT2D eigenvalue weighted by Crippen LogP contribution is -2.48. The molecule has 0 bridgehead atoms. The summed E-state index contributed by atoms with van der Waals surface area (Å²) in [6.07, 6.45) is 2.59. The summed E-state index contributed by atoms with van der Waals surface area (Å²) < 4.78 is 0. The van der Waals surface area contributed by atoms with Crippen molar-refractivity contribution < 1.29 is 0 Å². The van der Waals surface area contributed by atoms with Crippen LogP contribution < -0.4 is 0 Å². The molecule has 0 atom stereocenters. The van der Waals surface area contributed by atoms with Gasteiger partial charge in [-0.15, -0.1) is 10.2 Å². The molecule has 0 N–H and O–H groups in total. The second-order valence-corrected chi connectivity index (χ2v) is 7.22. The molecule has 0 rings (SSSR count). The standard InChI is InChI=1S/C8H25B7/c1-3-5(4-2)6(9,7(10,11)12)8(13,14)15/h5H,3-4,9-15H2,1-2H3. The zero-order chi connectivity index (χ0) is 12.5. The SMILES string of the molecule is BC(B)(B)C(B)(C(CC)CC)C(B)(B)B. The summed E-state index contributed by atoms with van der Waals surface area (Å²) in [4.78, 5) is 0. The fraction of sp³-hybridized carbons (Fsp3) is 1.00.